The number of nitrogens with one attached hydrogen (secondary N) is 2. The molecule has 0 unspecified atom stereocenters. The molecule has 156 valence electrons. The number of carbonyl (C=O) groups is 1. The lowest BCUT2D eigenvalue weighted by molar-refractivity contribution is 0.0851. The van der Waals surface area contributed by atoms with Gasteiger partial charge >= 0.3 is 0 Å². The van der Waals surface area contributed by atoms with E-state index in [0.29, 0.717) is 17.7 Å². The van der Waals surface area contributed by atoms with Crippen LogP contribution in [-0.4, -0.2) is 29.1 Å². The number of nitriles is 1. The monoisotopic (exact) mass is 405 g/mol. The Morgan fingerprint density at radius 2 is 2.03 bits per heavy atom. The maximum atomic E-state index is 12.5. The van der Waals surface area contributed by atoms with Gasteiger partial charge in [0.05, 0.1) is 11.9 Å². The molecule has 1 aromatic carbocycles. The quantitative estimate of drug-likeness (QED) is 0.530. The molecule has 4 rings (SSSR count). The number of carbonyl (C=O) groups excluding carboxylic acids is 1. The topological polar surface area (TPSA) is 99.9 Å². The highest BCUT2D eigenvalue weighted by molar-refractivity contribution is 5.98. The number of anilines is 2. The lowest BCUT2D eigenvalue weighted by atomic mass is 9.86. The summed E-state index contributed by atoms with van der Waals surface area (Å²) in [5.74, 6) is 0.695. The van der Waals surface area contributed by atoms with Gasteiger partial charge in [-0.2, -0.15) is 5.26 Å². The average Bonchev–Trinajstić information content (AvgIpc) is 3.61. The molecule has 2 aromatic rings. The van der Waals surface area contributed by atoms with E-state index in [1.54, 1.807) is 12.4 Å². The fourth-order valence-electron chi connectivity index (χ4n) is 4.11. The zero-order valence-electron chi connectivity index (χ0n) is 17.3. The number of benzene rings is 1. The molecular formula is C23H27N5O2. The van der Waals surface area contributed by atoms with E-state index >= 15 is 0 Å². The molecule has 1 saturated carbocycles. The third-order valence-corrected chi connectivity index (χ3v) is 5.80. The van der Waals surface area contributed by atoms with Crippen molar-refractivity contribution >= 4 is 17.4 Å². The van der Waals surface area contributed by atoms with Crippen LogP contribution in [0.25, 0.3) is 0 Å². The minimum atomic E-state index is -0.535. The largest absolute Gasteiger partial charge is 0.381 e. The Kier molecular flexibility index (Phi) is 6.24. The van der Waals surface area contributed by atoms with Crippen molar-refractivity contribution in [2.24, 2.45) is 0 Å². The molecule has 0 radical (unpaired) electrons. The molecule has 0 bridgehead atoms. The van der Waals surface area contributed by atoms with E-state index in [0.717, 1.165) is 63.1 Å². The summed E-state index contributed by atoms with van der Waals surface area (Å²) in [6.07, 6.45) is 9.56. The van der Waals surface area contributed by atoms with Crippen molar-refractivity contribution in [1.82, 2.24) is 15.3 Å². The summed E-state index contributed by atoms with van der Waals surface area (Å²) in [4.78, 5) is 21.5. The highest BCUT2D eigenvalue weighted by atomic mass is 16.5. The van der Waals surface area contributed by atoms with Crippen LogP contribution in [0.1, 0.15) is 78.2 Å². The fraction of sp³-hybridized carbons (Fsp3) is 0.478. The first-order valence-electron chi connectivity index (χ1n) is 10.7. The number of rotatable bonds is 7. The van der Waals surface area contributed by atoms with Crippen LogP contribution in [0.2, 0.25) is 0 Å². The van der Waals surface area contributed by atoms with E-state index in [-0.39, 0.29) is 5.69 Å². The van der Waals surface area contributed by atoms with Gasteiger partial charge in [0.15, 0.2) is 17.7 Å². The Hall–Kier alpha value is -2.98. The summed E-state index contributed by atoms with van der Waals surface area (Å²) in [5, 5.41) is 14.4. The van der Waals surface area contributed by atoms with Crippen LogP contribution < -0.4 is 10.6 Å². The highest BCUT2D eigenvalue weighted by Gasteiger charge is 2.28. The molecule has 0 spiro atoms. The third kappa shape index (κ3) is 4.44. The van der Waals surface area contributed by atoms with Crippen LogP contribution in [0.5, 0.6) is 0 Å². The highest BCUT2D eigenvalue weighted by Crippen LogP contribution is 2.39. The molecule has 2 N–H and O–H groups in total. The molecule has 1 amide bonds. The summed E-state index contributed by atoms with van der Waals surface area (Å²) in [5.41, 5.74) is 4.52. The van der Waals surface area contributed by atoms with Crippen LogP contribution in [0.4, 0.5) is 11.5 Å². The second kappa shape index (κ2) is 9.23. The van der Waals surface area contributed by atoms with Gasteiger partial charge < -0.3 is 10.1 Å². The zero-order chi connectivity index (χ0) is 20.9. The molecular weight excluding hydrogens is 378 g/mol. The summed E-state index contributed by atoms with van der Waals surface area (Å²) in [6.45, 7) is 3.75. The van der Waals surface area contributed by atoms with Crippen molar-refractivity contribution in [2.45, 2.75) is 57.3 Å². The van der Waals surface area contributed by atoms with Gasteiger partial charge in [0.25, 0.3) is 5.91 Å². The number of hydrogen-bond acceptors (Lipinski definition) is 6. The molecule has 7 heteroatoms. The van der Waals surface area contributed by atoms with Crippen LogP contribution in [-0.2, 0) is 11.2 Å². The lowest BCUT2D eigenvalue weighted by Crippen LogP contribution is -2.22. The summed E-state index contributed by atoms with van der Waals surface area (Å²) in [7, 11) is 0. The number of aromatic nitrogens is 2. The van der Waals surface area contributed by atoms with Gasteiger partial charge in [0.2, 0.25) is 0 Å². The van der Waals surface area contributed by atoms with Crippen molar-refractivity contribution < 1.29 is 9.53 Å². The van der Waals surface area contributed by atoms with Crippen molar-refractivity contribution in [2.75, 3.05) is 18.5 Å². The van der Waals surface area contributed by atoms with Gasteiger partial charge in [-0.15, -0.1) is 0 Å². The predicted octanol–water partition coefficient (Wildman–Crippen LogP) is 4.15. The molecule has 0 atom stereocenters. The van der Waals surface area contributed by atoms with Crippen LogP contribution in [0.3, 0.4) is 0 Å². The van der Waals surface area contributed by atoms with Crippen molar-refractivity contribution in [1.29, 1.82) is 5.26 Å². The van der Waals surface area contributed by atoms with Crippen LogP contribution in [0, 0.1) is 11.5 Å². The number of hydrogen-bond donors (Lipinski definition) is 2. The number of nitrogens with zero attached hydrogens (tertiary/aromatic N) is 3. The zero-order valence-corrected chi connectivity index (χ0v) is 17.3. The second-order valence-electron chi connectivity index (χ2n) is 7.97. The molecule has 7 nitrogen and oxygen atoms in total. The Balaban J connectivity index is 1.69. The first kappa shape index (κ1) is 20.3. The van der Waals surface area contributed by atoms with Crippen LogP contribution in [0.15, 0.2) is 24.4 Å². The van der Waals surface area contributed by atoms with E-state index in [2.05, 4.69) is 33.6 Å². The van der Waals surface area contributed by atoms with Gasteiger partial charge in [-0.05, 0) is 55.2 Å². The molecule has 1 aliphatic carbocycles. The molecule has 1 saturated heterocycles. The molecule has 30 heavy (non-hydrogen) atoms. The molecule has 2 heterocycles. The second-order valence-corrected chi connectivity index (χ2v) is 7.97. The smallest absolute Gasteiger partial charge is 0.286 e. The first-order chi connectivity index (χ1) is 14.7. The standard InChI is InChI=1S/C23H27N5O2/c1-2-4-18-17(15-9-11-30-12-10-15)5-3-6-19(18)28-22-21(23(29)26-14-24)27-20(13-25-22)16-7-8-16/h3,5-6,13,15-16H,2,4,7-12H2,1H3,(H,25,28)(H,26,29). The Morgan fingerprint density at radius 3 is 2.73 bits per heavy atom. The number of ether oxygens (including phenoxy) is 1. The van der Waals surface area contributed by atoms with E-state index in [1.807, 2.05) is 12.1 Å². The summed E-state index contributed by atoms with van der Waals surface area (Å²) < 4.78 is 5.54. The van der Waals surface area contributed by atoms with Crippen molar-refractivity contribution in [3.8, 4) is 6.19 Å². The van der Waals surface area contributed by atoms with Crippen molar-refractivity contribution in [3.63, 3.8) is 0 Å². The average molecular weight is 406 g/mol. The SMILES string of the molecule is CCCc1c(Nc2ncc(C3CC3)nc2C(=O)NC#N)cccc1C1CCOCC1. The van der Waals surface area contributed by atoms with E-state index < -0.39 is 5.91 Å². The van der Waals surface area contributed by atoms with Crippen molar-refractivity contribution in [3.05, 3.63) is 46.9 Å². The van der Waals surface area contributed by atoms with E-state index in [4.69, 9.17) is 10.00 Å². The summed E-state index contributed by atoms with van der Waals surface area (Å²) in [6, 6.07) is 6.28. The lowest BCUT2D eigenvalue weighted by Gasteiger charge is -2.26. The molecule has 2 fully saturated rings. The van der Waals surface area contributed by atoms with E-state index in [9.17, 15) is 4.79 Å². The minimum Gasteiger partial charge on any atom is -0.381 e. The summed E-state index contributed by atoms with van der Waals surface area (Å²) >= 11 is 0. The molecule has 2 aliphatic rings. The Labute approximate surface area is 176 Å². The van der Waals surface area contributed by atoms with Gasteiger partial charge in [-0.3, -0.25) is 10.1 Å². The number of amides is 1. The maximum Gasteiger partial charge on any atom is 0.286 e. The fourth-order valence-corrected chi connectivity index (χ4v) is 4.11. The predicted molar refractivity (Wildman–Crippen MR) is 114 cm³/mol. The first-order valence-corrected chi connectivity index (χ1v) is 10.7. The van der Waals surface area contributed by atoms with Gasteiger partial charge in [-0.25, -0.2) is 9.97 Å². The minimum absolute atomic E-state index is 0.167. The van der Waals surface area contributed by atoms with Gasteiger partial charge in [-0.1, -0.05) is 25.5 Å². The Morgan fingerprint density at radius 1 is 1.23 bits per heavy atom. The molecule has 1 aromatic heterocycles. The van der Waals surface area contributed by atoms with E-state index in [1.165, 1.54) is 11.1 Å². The maximum absolute atomic E-state index is 12.5. The van der Waals surface area contributed by atoms with Crippen LogP contribution >= 0.6 is 0 Å². The van der Waals surface area contributed by atoms with Gasteiger partial charge in [0.1, 0.15) is 0 Å². The van der Waals surface area contributed by atoms with Gasteiger partial charge in [0, 0.05) is 24.8 Å². The molecule has 1 aliphatic heterocycles. The normalized spacial score (nSPS) is 16.7. The third-order valence-electron chi connectivity index (χ3n) is 5.80. The Bertz CT molecular complexity index is 959.